The Bertz CT molecular complexity index is 1120. The largest absolute Gasteiger partial charge is 0.478 e. The number of hydrogen-bond donors (Lipinski definition) is 3. The number of carboxylic acid groups (broad SMARTS) is 1. The lowest BCUT2D eigenvalue weighted by atomic mass is 10.1. The first-order chi connectivity index (χ1) is 14.0. The van der Waals surface area contributed by atoms with Crippen LogP contribution in [0.3, 0.4) is 0 Å². The minimum absolute atomic E-state index is 0.238. The van der Waals surface area contributed by atoms with Crippen molar-refractivity contribution in [2.24, 2.45) is 0 Å². The number of hydrogen-bond acceptors (Lipinski definition) is 5. The SMILES string of the molecule is O=C(O)c1ccc(C=CCNCCNS(=O)(=O)c2cccc3cnccc23)cc1. The van der Waals surface area contributed by atoms with Crippen LogP contribution in [0.1, 0.15) is 15.9 Å². The molecular weight excluding hydrogens is 390 g/mol. The minimum Gasteiger partial charge on any atom is -0.478 e. The maximum absolute atomic E-state index is 12.6. The van der Waals surface area contributed by atoms with Gasteiger partial charge in [-0.05, 0) is 29.8 Å². The zero-order chi connectivity index (χ0) is 20.7. The second-order valence-corrected chi connectivity index (χ2v) is 8.02. The van der Waals surface area contributed by atoms with E-state index in [9.17, 15) is 13.2 Å². The molecule has 3 rings (SSSR count). The van der Waals surface area contributed by atoms with Crippen molar-refractivity contribution in [3.63, 3.8) is 0 Å². The molecule has 150 valence electrons. The van der Waals surface area contributed by atoms with Crippen molar-refractivity contribution in [2.45, 2.75) is 4.90 Å². The van der Waals surface area contributed by atoms with Crippen LogP contribution in [0.25, 0.3) is 16.8 Å². The monoisotopic (exact) mass is 411 g/mol. The van der Waals surface area contributed by atoms with Crippen molar-refractivity contribution in [1.82, 2.24) is 15.0 Å². The molecule has 0 aliphatic carbocycles. The highest BCUT2D eigenvalue weighted by Crippen LogP contribution is 2.21. The number of rotatable bonds is 9. The highest BCUT2D eigenvalue weighted by molar-refractivity contribution is 7.89. The van der Waals surface area contributed by atoms with Crippen molar-refractivity contribution >= 4 is 32.8 Å². The van der Waals surface area contributed by atoms with Gasteiger partial charge in [0.15, 0.2) is 0 Å². The highest BCUT2D eigenvalue weighted by atomic mass is 32.2. The van der Waals surface area contributed by atoms with E-state index in [1.807, 2.05) is 18.2 Å². The summed E-state index contributed by atoms with van der Waals surface area (Å²) in [5.41, 5.74) is 1.14. The van der Waals surface area contributed by atoms with E-state index in [-0.39, 0.29) is 17.0 Å². The first-order valence-corrected chi connectivity index (χ1v) is 10.5. The van der Waals surface area contributed by atoms with Gasteiger partial charge in [0.1, 0.15) is 0 Å². The van der Waals surface area contributed by atoms with Crippen LogP contribution in [0.4, 0.5) is 0 Å². The van der Waals surface area contributed by atoms with Gasteiger partial charge in [0.05, 0.1) is 10.5 Å². The molecule has 7 nitrogen and oxygen atoms in total. The van der Waals surface area contributed by atoms with Gasteiger partial charge in [-0.1, -0.05) is 36.4 Å². The quantitative estimate of drug-likeness (QED) is 0.467. The molecule has 0 saturated heterocycles. The summed E-state index contributed by atoms with van der Waals surface area (Å²) in [6.45, 7) is 1.28. The Morgan fingerprint density at radius 3 is 2.62 bits per heavy atom. The first kappa shape index (κ1) is 20.7. The lowest BCUT2D eigenvalue weighted by molar-refractivity contribution is 0.0697. The van der Waals surface area contributed by atoms with Crippen LogP contribution in [0.15, 0.2) is 71.9 Å². The number of benzene rings is 2. The molecule has 0 amide bonds. The third-order valence-electron chi connectivity index (χ3n) is 4.25. The number of sulfonamides is 1. The number of nitrogens with zero attached hydrogens (tertiary/aromatic N) is 1. The van der Waals surface area contributed by atoms with Crippen molar-refractivity contribution in [3.05, 3.63) is 78.1 Å². The molecule has 0 bridgehead atoms. The molecule has 0 fully saturated rings. The summed E-state index contributed by atoms with van der Waals surface area (Å²) in [5.74, 6) is -0.954. The predicted octanol–water partition coefficient (Wildman–Crippen LogP) is 2.51. The molecule has 1 aromatic heterocycles. The molecule has 0 radical (unpaired) electrons. The lowest BCUT2D eigenvalue weighted by Crippen LogP contribution is -2.32. The zero-order valence-electron chi connectivity index (χ0n) is 15.6. The smallest absolute Gasteiger partial charge is 0.335 e. The fraction of sp³-hybridized carbons (Fsp3) is 0.143. The molecule has 3 N–H and O–H groups in total. The van der Waals surface area contributed by atoms with E-state index >= 15 is 0 Å². The molecule has 0 aliphatic heterocycles. The van der Waals surface area contributed by atoms with Crippen molar-refractivity contribution in [2.75, 3.05) is 19.6 Å². The highest BCUT2D eigenvalue weighted by Gasteiger charge is 2.16. The van der Waals surface area contributed by atoms with Crippen LogP contribution in [-0.4, -0.2) is 44.1 Å². The van der Waals surface area contributed by atoms with Crippen molar-refractivity contribution in [1.29, 1.82) is 0 Å². The van der Waals surface area contributed by atoms with Crippen molar-refractivity contribution in [3.8, 4) is 0 Å². The second-order valence-electron chi connectivity index (χ2n) is 6.28. The maximum Gasteiger partial charge on any atom is 0.335 e. The van der Waals surface area contributed by atoms with Gasteiger partial charge in [0.25, 0.3) is 0 Å². The summed E-state index contributed by atoms with van der Waals surface area (Å²) in [7, 11) is -3.62. The van der Waals surface area contributed by atoms with Crippen LogP contribution >= 0.6 is 0 Å². The van der Waals surface area contributed by atoms with Gasteiger partial charge in [-0.3, -0.25) is 4.98 Å². The Hall–Kier alpha value is -3.07. The molecule has 0 unspecified atom stereocenters. The summed E-state index contributed by atoms with van der Waals surface area (Å²) in [6, 6.07) is 13.4. The van der Waals surface area contributed by atoms with Crippen LogP contribution in [0, 0.1) is 0 Å². The van der Waals surface area contributed by atoms with Crippen LogP contribution < -0.4 is 10.0 Å². The second kappa shape index (κ2) is 9.42. The van der Waals surface area contributed by atoms with Gasteiger partial charge < -0.3 is 10.4 Å². The Morgan fingerprint density at radius 2 is 1.86 bits per heavy atom. The first-order valence-electron chi connectivity index (χ1n) is 9.00. The molecule has 29 heavy (non-hydrogen) atoms. The third-order valence-corrected chi connectivity index (χ3v) is 5.77. The van der Waals surface area contributed by atoms with Gasteiger partial charge >= 0.3 is 5.97 Å². The van der Waals surface area contributed by atoms with E-state index in [0.29, 0.717) is 18.5 Å². The number of nitrogens with one attached hydrogen (secondary N) is 2. The number of fused-ring (bicyclic) bond motifs is 1. The zero-order valence-corrected chi connectivity index (χ0v) is 16.4. The Morgan fingerprint density at radius 1 is 1.07 bits per heavy atom. The molecule has 3 aromatic rings. The Balaban J connectivity index is 1.47. The standard InChI is InChI=1S/C21H21N3O4S/c25-21(26)17-8-6-16(7-9-17)3-2-11-22-13-14-24-29(27,28)20-5-1-4-18-15-23-12-10-19(18)20/h1-10,12,15,22,24H,11,13-14H2,(H,25,26). The molecule has 0 spiro atoms. The average Bonchev–Trinajstić information content (AvgIpc) is 2.73. The normalized spacial score (nSPS) is 11.9. The van der Waals surface area contributed by atoms with E-state index < -0.39 is 16.0 Å². The topological polar surface area (TPSA) is 108 Å². The van der Waals surface area contributed by atoms with Crippen LogP contribution in [0.5, 0.6) is 0 Å². The number of aromatic nitrogens is 1. The molecule has 1 heterocycles. The number of aromatic carboxylic acids is 1. The Kier molecular flexibility index (Phi) is 6.71. The maximum atomic E-state index is 12.6. The van der Waals surface area contributed by atoms with Crippen molar-refractivity contribution < 1.29 is 18.3 Å². The molecular formula is C21H21N3O4S. The molecule has 0 aliphatic rings. The van der Waals surface area contributed by atoms with Gasteiger partial charge in [-0.25, -0.2) is 17.9 Å². The fourth-order valence-electron chi connectivity index (χ4n) is 2.80. The van der Waals surface area contributed by atoms with E-state index in [1.165, 1.54) is 0 Å². The number of pyridine rings is 1. The van der Waals surface area contributed by atoms with Gasteiger partial charge in [0, 0.05) is 42.8 Å². The summed E-state index contributed by atoms with van der Waals surface area (Å²) >= 11 is 0. The summed E-state index contributed by atoms with van der Waals surface area (Å²) in [6.07, 6.45) is 6.97. The fourth-order valence-corrected chi connectivity index (χ4v) is 4.06. The predicted molar refractivity (Wildman–Crippen MR) is 112 cm³/mol. The van der Waals surface area contributed by atoms with Crippen LogP contribution in [-0.2, 0) is 10.0 Å². The Labute approximate surface area is 169 Å². The number of carboxylic acids is 1. The van der Waals surface area contributed by atoms with E-state index in [4.69, 9.17) is 5.11 Å². The van der Waals surface area contributed by atoms with Crippen LogP contribution in [0.2, 0.25) is 0 Å². The third kappa shape index (κ3) is 5.47. The summed E-state index contributed by atoms with van der Waals surface area (Å²) in [5, 5.41) is 13.4. The van der Waals surface area contributed by atoms with E-state index in [0.717, 1.165) is 10.9 Å². The lowest BCUT2D eigenvalue weighted by Gasteiger charge is -2.09. The molecule has 2 aromatic carbocycles. The van der Waals surface area contributed by atoms with E-state index in [1.54, 1.807) is 54.9 Å². The molecule has 0 atom stereocenters. The summed E-state index contributed by atoms with van der Waals surface area (Å²) in [4.78, 5) is 15.1. The summed E-state index contributed by atoms with van der Waals surface area (Å²) < 4.78 is 27.8. The number of carbonyl (C=O) groups is 1. The minimum atomic E-state index is -3.62. The molecule has 0 saturated carbocycles. The van der Waals surface area contributed by atoms with Gasteiger partial charge in [-0.15, -0.1) is 0 Å². The van der Waals surface area contributed by atoms with E-state index in [2.05, 4.69) is 15.0 Å². The molecule has 8 heteroatoms. The van der Waals surface area contributed by atoms with Gasteiger partial charge in [-0.2, -0.15) is 0 Å². The average molecular weight is 411 g/mol. The van der Waals surface area contributed by atoms with Gasteiger partial charge in [0.2, 0.25) is 10.0 Å².